The van der Waals surface area contributed by atoms with Gasteiger partial charge in [-0.1, -0.05) is 12.1 Å². The molecule has 0 aliphatic carbocycles. The minimum absolute atomic E-state index is 0.00991. The summed E-state index contributed by atoms with van der Waals surface area (Å²) in [5.74, 6) is 0.121. The van der Waals surface area contributed by atoms with Gasteiger partial charge in [0.2, 0.25) is 10.0 Å². The van der Waals surface area contributed by atoms with Crippen molar-refractivity contribution in [1.82, 2.24) is 4.31 Å². The van der Waals surface area contributed by atoms with Gasteiger partial charge < -0.3 is 4.74 Å². The zero-order chi connectivity index (χ0) is 17.2. The average Bonchev–Trinajstić information content (AvgIpc) is 2.45. The van der Waals surface area contributed by atoms with Crippen LogP contribution in [0.1, 0.15) is 5.56 Å². The molecule has 2 aromatic carbocycles. The quantitative estimate of drug-likeness (QED) is 0.664. The van der Waals surface area contributed by atoms with Gasteiger partial charge in [0.05, 0.1) is 7.11 Å². The second kappa shape index (κ2) is 7.29. The Labute approximate surface area is 151 Å². The zero-order valence-corrected chi connectivity index (χ0v) is 16.4. The Hall–Kier alpha value is -0.960. The number of benzene rings is 2. The van der Waals surface area contributed by atoms with Crippen LogP contribution in [0.3, 0.4) is 0 Å². The summed E-state index contributed by atoms with van der Waals surface area (Å²) in [6, 6.07) is 9.39. The van der Waals surface area contributed by atoms with Crippen molar-refractivity contribution < 1.29 is 17.5 Å². The van der Waals surface area contributed by atoms with Gasteiger partial charge in [-0.15, -0.1) is 0 Å². The van der Waals surface area contributed by atoms with Gasteiger partial charge in [0.15, 0.2) is 0 Å². The van der Waals surface area contributed by atoms with E-state index in [1.165, 1.54) is 11.4 Å². The van der Waals surface area contributed by atoms with E-state index in [0.717, 1.165) is 17.7 Å². The molecule has 0 fully saturated rings. The van der Waals surface area contributed by atoms with E-state index in [0.29, 0.717) is 5.75 Å². The van der Waals surface area contributed by atoms with E-state index in [-0.39, 0.29) is 20.4 Å². The van der Waals surface area contributed by atoms with Gasteiger partial charge in [0, 0.05) is 22.5 Å². The monoisotopic (exact) mass is 465 g/mol. The molecule has 0 spiro atoms. The van der Waals surface area contributed by atoms with Crippen LogP contribution in [0.25, 0.3) is 0 Å². The lowest BCUT2D eigenvalue weighted by Crippen LogP contribution is -2.27. The third-order valence-corrected chi connectivity index (χ3v) is 6.85. The van der Waals surface area contributed by atoms with Gasteiger partial charge in [-0.3, -0.25) is 0 Å². The molecular weight excluding hydrogens is 453 g/mol. The maximum Gasteiger partial charge on any atom is 0.245 e. The van der Waals surface area contributed by atoms with Crippen molar-refractivity contribution >= 4 is 41.9 Å². The highest BCUT2D eigenvalue weighted by atomic mass is 79.9. The predicted octanol–water partition coefficient (Wildman–Crippen LogP) is 4.18. The third-order valence-electron chi connectivity index (χ3n) is 3.17. The first-order valence-corrected chi connectivity index (χ1v) is 9.52. The number of rotatable bonds is 5. The zero-order valence-electron chi connectivity index (χ0n) is 12.4. The smallest absolute Gasteiger partial charge is 0.245 e. The van der Waals surface area contributed by atoms with Crippen molar-refractivity contribution in [3.8, 4) is 5.75 Å². The van der Waals surface area contributed by atoms with E-state index in [9.17, 15) is 12.8 Å². The maximum atomic E-state index is 13.3. The number of sulfonamides is 1. The number of hydrogen-bond acceptors (Lipinski definition) is 3. The molecule has 0 aliphatic rings. The number of halogens is 3. The fourth-order valence-electron chi connectivity index (χ4n) is 2.04. The summed E-state index contributed by atoms with van der Waals surface area (Å²) in [5.41, 5.74) is 0.782. The standard InChI is InChI=1S/C15H14Br2FNO3S/c1-19(9-10-4-3-5-12(6-10)22-2)23(20,21)15-13(16)7-11(18)8-14(15)17/h3-8H,9H2,1-2H3. The Kier molecular flexibility index (Phi) is 5.83. The third kappa shape index (κ3) is 4.12. The van der Waals surface area contributed by atoms with Gasteiger partial charge in [0.1, 0.15) is 16.5 Å². The van der Waals surface area contributed by atoms with Crippen molar-refractivity contribution in [1.29, 1.82) is 0 Å². The highest BCUT2D eigenvalue weighted by molar-refractivity contribution is 9.11. The van der Waals surface area contributed by atoms with Gasteiger partial charge in [0.25, 0.3) is 0 Å². The number of methoxy groups -OCH3 is 1. The van der Waals surface area contributed by atoms with Crippen molar-refractivity contribution in [2.24, 2.45) is 0 Å². The molecular formula is C15H14Br2FNO3S. The van der Waals surface area contributed by atoms with Crippen LogP contribution < -0.4 is 4.74 Å². The second-order valence-electron chi connectivity index (χ2n) is 4.81. The van der Waals surface area contributed by atoms with E-state index in [1.54, 1.807) is 25.3 Å². The first-order chi connectivity index (χ1) is 10.8. The highest BCUT2D eigenvalue weighted by Crippen LogP contribution is 2.33. The molecule has 0 amide bonds. The Morgan fingerprint density at radius 2 is 1.78 bits per heavy atom. The van der Waals surface area contributed by atoms with Crippen LogP contribution in [-0.2, 0) is 16.6 Å². The molecule has 2 rings (SSSR count). The molecule has 8 heteroatoms. The van der Waals surface area contributed by atoms with Crippen LogP contribution in [0.2, 0.25) is 0 Å². The summed E-state index contributed by atoms with van der Waals surface area (Å²) < 4.78 is 45.5. The summed E-state index contributed by atoms with van der Waals surface area (Å²) in [6.07, 6.45) is 0. The minimum atomic E-state index is -3.80. The molecule has 0 unspecified atom stereocenters. The van der Waals surface area contributed by atoms with Gasteiger partial charge in [-0.05, 0) is 61.7 Å². The molecule has 0 saturated carbocycles. The molecule has 0 saturated heterocycles. The molecule has 0 bridgehead atoms. The lowest BCUT2D eigenvalue weighted by molar-refractivity contribution is 0.412. The van der Waals surface area contributed by atoms with E-state index in [4.69, 9.17) is 4.74 Å². The molecule has 23 heavy (non-hydrogen) atoms. The van der Waals surface area contributed by atoms with Crippen molar-refractivity contribution in [3.05, 3.63) is 56.7 Å². The lowest BCUT2D eigenvalue weighted by Gasteiger charge is -2.19. The van der Waals surface area contributed by atoms with Crippen LogP contribution in [0, 0.1) is 5.82 Å². The normalized spacial score (nSPS) is 11.7. The number of hydrogen-bond donors (Lipinski definition) is 0. The molecule has 0 atom stereocenters. The van der Waals surface area contributed by atoms with Crippen LogP contribution in [0.15, 0.2) is 50.2 Å². The van der Waals surface area contributed by atoms with Crippen LogP contribution in [0.5, 0.6) is 5.75 Å². The summed E-state index contributed by atoms with van der Waals surface area (Å²) in [7, 11) is -0.786. The van der Waals surface area contributed by atoms with Gasteiger partial charge in [-0.2, -0.15) is 4.31 Å². The number of nitrogens with zero attached hydrogens (tertiary/aromatic N) is 1. The molecule has 2 aromatic rings. The van der Waals surface area contributed by atoms with E-state index in [1.807, 2.05) is 6.07 Å². The minimum Gasteiger partial charge on any atom is -0.497 e. The van der Waals surface area contributed by atoms with E-state index >= 15 is 0 Å². The number of ether oxygens (including phenoxy) is 1. The van der Waals surface area contributed by atoms with E-state index in [2.05, 4.69) is 31.9 Å². The van der Waals surface area contributed by atoms with Gasteiger partial charge >= 0.3 is 0 Å². The topological polar surface area (TPSA) is 46.6 Å². The molecule has 0 N–H and O–H groups in total. The van der Waals surface area contributed by atoms with Crippen molar-refractivity contribution in [3.63, 3.8) is 0 Å². The lowest BCUT2D eigenvalue weighted by atomic mass is 10.2. The first kappa shape index (κ1) is 18.4. The fraction of sp³-hybridized carbons (Fsp3) is 0.200. The Balaban J connectivity index is 2.36. The van der Waals surface area contributed by atoms with Crippen LogP contribution in [-0.4, -0.2) is 26.9 Å². The molecule has 0 radical (unpaired) electrons. The van der Waals surface area contributed by atoms with Crippen molar-refractivity contribution in [2.75, 3.05) is 14.2 Å². The van der Waals surface area contributed by atoms with Crippen LogP contribution >= 0.6 is 31.9 Å². The summed E-state index contributed by atoms with van der Waals surface area (Å²) in [4.78, 5) is -0.00991. The van der Waals surface area contributed by atoms with Gasteiger partial charge in [-0.25, -0.2) is 12.8 Å². The average molecular weight is 467 g/mol. The predicted molar refractivity (Wildman–Crippen MR) is 93.4 cm³/mol. The molecule has 4 nitrogen and oxygen atoms in total. The Bertz CT molecular complexity index is 804. The molecule has 124 valence electrons. The van der Waals surface area contributed by atoms with Crippen LogP contribution in [0.4, 0.5) is 4.39 Å². The first-order valence-electron chi connectivity index (χ1n) is 6.49. The molecule has 0 heterocycles. The SMILES string of the molecule is COc1cccc(CN(C)S(=O)(=O)c2c(Br)cc(F)cc2Br)c1. The molecule has 0 aliphatic heterocycles. The Morgan fingerprint density at radius 1 is 1.17 bits per heavy atom. The van der Waals surface area contributed by atoms with E-state index < -0.39 is 15.8 Å². The highest BCUT2D eigenvalue weighted by Gasteiger charge is 2.27. The fourth-order valence-corrected chi connectivity index (χ4v) is 5.64. The maximum absolute atomic E-state index is 13.3. The summed E-state index contributed by atoms with van der Waals surface area (Å²) in [5, 5.41) is 0. The summed E-state index contributed by atoms with van der Waals surface area (Å²) >= 11 is 6.23. The summed E-state index contributed by atoms with van der Waals surface area (Å²) in [6.45, 7) is 0.162. The van der Waals surface area contributed by atoms with Crippen molar-refractivity contribution in [2.45, 2.75) is 11.4 Å². The second-order valence-corrected chi connectivity index (χ2v) is 8.50. The Morgan fingerprint density at radius 3 is 2.35 bits per heavy atom. The molecule has 0 aromatic heterocycles. The largest absolute Gasteiger partial charge is 0.497 e.